The second-order valence-electron chi connectivity index (χ2n) is 5.35. The average molecular weight is 356 g/mol. The summed E-state index contributed by atoms with van der Waals surface area (Å²) in [5.74, 6) is 0.532. The summed E-state index contributed by atoms with van der Waals surface area (Å²) in [6.45, 7) is 2.59. The molecule has 0 atom stereocenters. The summed E-state index contributed by atoms with van der Waals surface area (Å²) >= 11 is 0. The number of anilines is 1. The molecule has 2 rings (SSSR count). The molecule has 1 N–H and O–H groups in total. The van der Waals surface area contributed by atoms with E-state index in [0.29, 0.717) is 18.1 Å². The highest BCUT2D eigenvalue weighted by atomic mass is 16.6. The maximum Gasteiger partial charge on any atom is 0.296 e. The number of ether oxygens (including phenoxy) is 2. The molecule has 0 saturated heterocycles. The van der Waals surface area contributed by atoms with Crippen LogP contribution in [-0.4, -0.2) is 24.5 Å². The third kappa shape index (κ3) is 5.07. The number of hydrogen-bond donors (Lipinski definition) is 1. The summed E-state index contributed by atoms with van der Waals surface area (Å²) in [7, 11) is 1.41. The number of carbonyl (C=O) groups is 1. The van der Waals surface area contributed by atoms with E-state index in [2.05, 4.69) is 5.32 Å². The minimum absolute atomic E-state index is 0.0981. The molecule has 7 heteroatoms. The van der Waals surface area contributed by atoms with Gasteiger partial charge in [-0.3, -0.25) is 14.9 Å². The number of nitrogens with one attached hydrogen (secondary N) is 1. The molecule has 7 nitrogen and oxygen atoms in total. The Morgan fingerprint density at radius 2 is 2.04 bits per heavy atom. The van der Waals surface area contributed by atoms with Crippen LogP contribution in [-0.2, 0) is 4.79 Å². The van der Waals surface area contributed by atoms with Crippen LogP contribution in [0, 0.1) is 10.1 Å². The summed E-state index contributed by atoms with van der Waals surface area (Å²) in [4.78, 5) is 22.7. The number of hydrogen-bond acceptors (Lipinski definition) is 5. The van der Waals surface area contributed by atoms with Crippen molar-refractivity contribution in [1.29, 1.82) is 0 Å². The first kappa shape index (κ1) is 19.0. The van der Waals surface area contributed by atoms with E-state index in [4.69, 9.17) is 9.47 Å². The molecule has 2 aromatic rings. The van der Waals surface area contributed by atoms with Crippen molar-refractivity contribution in [1.82, 2.24) is 0 Å². The number of carbonyl (C=O) groups excluding carboxylic acids is 1. The van der Waals surface area contributed by atoms with E-state index >= 15 is 0 Å². The van der Waals surface area contributed by atoms with Crippen molar-refractivity contribution >= 4 is 23.4 Å². The molecule has 0 aliphatic heterocycles. The molecule has 0 bridgehead atoms. The zero-order chi connectivity index (χ0) is 18.9. The van der Waals surface area contributed by atoms with E-state index in [1.54, 1.807) is 12.1 Å². The highest BCUT2D eigenvalue weighted by molar-refractivity contribution is 6.03. The van der Waals surface area contributed by atoms with Gasteiger partial charge >= 0.3 is 0 Å². The van der Waals surface area contributed by atoms with Crippen molar-refractivity contribution in [3.05, 3.63) is 64.2 Å². The average Bonchev–Trinajstić information content (AvgIpc) is 2.65. The first-order valence-electron chi connectivity index (χ1n) is 8.08. The van der Waals surface area contributed by atoms with Gasteiger partial charge in [0.2, 0.25) is 5.91 Å². The molecule has 0 radical (unpaired) electrons. The molecule has 2 aromatic carbocycles. The fourth-order valence-corrected chi connectivity index (χ4v) is 2.20. The lowest BCUT2D eigenvalue weighted by Crippen LogP contribution is -2.09. The van der Waals surface area contributed by atoms with Crippen molar-refractivity contribution in [2.45, 2.75) is 13.3 Å². The number of nitro groups is 1. The zero-order valence-electron chi connectivity index (χ0n) is 14.6. The van der Waals surface area contributed by atoms with E-state index in [9.17, 15) is 14.9 Å². The van der Waals surface area contributed by atoms with Gasteiger partial charge in [-0.05, 0) is 30.7 Å². The van der Waals surface area contributed by atoms with Crippen molar-refractivity contribution in [2.75, 3.05) is 19.0 Å². The van der Waals surface area contributed by atoms with Gasteiger partial charge in [0.05, 0.1) is 24.7 Å². The molecule has 0 aliphatic carbocycles. The third-order valence-corrected chi connectivity index (χ3v) is 3.45. The SMILES string of the molecule is CCCOc1ccccc1/C=C/C(=O)Nc1ccc(OC)cc1[N+](=O)[O-]. The Hall–Kier alpha value is -3.35. The highest BCUT2D eigenvalue weighted by Gasteiger charge is 2.16. The second kappa shape index (κ2) is 9.22. The summed E-state index contributed by atoms with van der Waals surface area (Å²) in [5.41, 5.74) is 0.610. The highest BCUT2D eigenvalue weighted by Crippen LogP contribution is 2.29. The van der Waals surface area contributed by atoms with E-state index < -0.39 is 10.8 Å². The Kier molecular flexibility index (Phi) is 6.73. The van der Waals surface area contributed by atoms with Crippen LogP contribution in [0.1, 0.15) is 18.9 Å². The third-order valence-electron chi connectivity index (χ3n) is 3.45. The maximum absolute atomic E-state index is 12.1. The Bertz CT molecular complexity index is 817. The predicted octanol–water partition coefficient (Wildman–Crippen LogP) is 4.04. The fourth-order valence-electron chi connectivity index (χ4n) is 2.20. The van der Waals surface area contributed by atoms with E-state index in [1.165, 1.54) is 25.3 Å². The second-order valence-corrected chi connectivity index (χ2v) is 5.35. The summed E-state index contributed by atoms with van der Waals surface area (Å²) in [6.07, 6.45) is 3.79. The molecule has 0 aromatic heterocycles. The monoisotopic (exact) mass is 356 g/mol. The molecule has 136 valence electrons. The van der Waals surface area contributed by atoms with Gasteiger partial charge in [-0.1, -0.05) is 25.1 Å². The van der Waals surface area contributed by atoms with Crippen LogP contribution < -0.4 is 14.8 Å². The van der Waals surface area contributed by atoms with Crippen LogP contribution in [0.4, 0.5) is 11.4 Å². The summed E-state index contributed by atoms with van der Waals surface area (Å²) in [5, 5.41) is 13.7. The van der Waals surface area contributed by atoms with Gasteiger partial charge in [0.1, 0.15) is 17.2 Å². The first-order valence-corrected chi connectivity index (χ1v) is 8.08. The number of amides is 1. The minimum atomic E-state index is -0.574. The number of rotatable bonds is 8. The van der Waals surface area contributed by atoms with Gasteiger partial charge in [-0.15, -0.1) is 0 Å². The summed E-state index contributed by atoms with van der Waals surface area (Å²) < 4.78 is 10.6. The smallest absolute Gasteiger partial charge is 0.296 e. The van der Waals surface area contributed by atoms with Gasteiger partial charge in [0, 0.05) is 11.6 Å². The number of methoxy groups -OCH3 is 1. The fraction of sp³-hybridized carbons (Fsp3) is 0.211. The van der Waals surface area contributed by atoms with Crippen LogP contribution in [0.3, 0.4) is 0 Å². The minimum Gasteiger partial charge on any atom is -0.496 e. The predicted molar refractivity (Wildman–Crippen MR) is 99.5 cm³/mol. The molecule has 0 spiro atoms. The maximum atomic E-state index is 12.1. The molecule has 0 heterocycles. The lowest BCUT2D eigenvalue weighted by Gasteiger charge is -2.08. The number of nitrogens with zero attached hydrogens (tertiary/aromatic N) is 1. The first-order chi connectivity index (χ1) is 12.5. The number of nitro benzene ring substituents is 1. The molecular formula is C19H20N2O5. The molecular weight excluding hydrogens is 336 g/mol. The Balaban J connectivity index is 2.14. The van der Waals surface area contributed by atoms with Crippen molar-refractivity contribution in [3.63, 3.8) is 0 Å². The molecule has 0 fully saturated rings. The number of benzene rings is 2. The van der Waals surface area contributed by atoms with Crippen LogP contribution in [0.5, 0.6) is 11.5 Å². The van der Waals surface area contributed by atoms with Gasteiger partial charge < -0.3 is 14.8 Å². The van der Waals surface area contributed by atoms with Crippen molar-refractivity contribution < 1.29 is 19.2 Å². The van der Waals surface area contributed by atoms with Gasteiger partial charge in [0.25, 0.3) is 5.69 Å². The molecule has 0 unspecified atom stereocenters. The topological polar surface area (TPSA) is 90.7 Å². The van der Waals surface area contributed by atoms with Crippen LogP contribution in [0.2, 0.25) is 0 Å². The summed E-state index contributed by atoms with van der Waals surface area (Å²) in [6, 6.07) is 11.6. The molecule has 0 aliphatic rings. The Morgan fingerprint density at radius 1 is 1.27 bits per heavy atom. The van der Waals surface area contributed by atoms with E-state index in [-0.39, 0.29) is 11.4 Å². The van der Waals surface area contributed by atoms with Gasteiger partial charge in [-0.2, -0.15) is 0 Å². The van der Waals surface area contributed by atoms with Crippen LogP contribution >= 0.6 is 0 Å². The number of para-hydroxylation sites is 1. The molecule has 0 saturated carbocycles. The lowest BCUT2D eigenvalue weighted by molar-refractivity contribution is -0.384. The van der Waals surface area contributed by atoms with E-state index in [1.807, 2.05) is 31.2 Å². The quantitative estimate of drug-likeness (QED) is 0.438. The van der Waals surface area contributed by atoms with E-state index in [0.717, 1.165) is 12.0 Å². The standard InChI is InChI=1S/C19H20N2O5/c1-3-12-26-18-7-5-4-6-14(18)8-11-19(22)20-16-10-9-15(25-2)13-17(16)21(23)24/h4-11,13H,3,12H2,1-2H3,(H,20,22)/b11-8+. The van der Waals surface area contributed by atoms with Crippen molar-refractivity contribution in [3.8, 4) is 11.5 Å². The van der Waals surface area contributed by atoms with Crippen LogP contribution in [0.15, 0.2) is 48.5 Å². The van der Waals surface area contributed by atoms with Gasteiger partial charge in [0.15, 0.2) is 0 Å². The Morgan fingerprint density at radius 3 is 2.73 bits per heavy atom. The Labute approximate surface area is 151 Å². The zero-order valence-corrected chi connectivity index (χ0v) is 14.6. The van der Waals surface area contributed by atoms with Gasteiger partial charge in [-0.25, -0.2) is 0 Å². The molecule has 26 heavy (non-hydrogen) atoms. The normalized spacial score (nSPS) is 10.5. The largest absolute Gasteiger partial charge is 0.496 e. The lowest BCUT2D eigenvalue weighted by atomic mass is 10.2. The van der Waals surface area contributed by atoms with Crippen LogP contribution in [0.25, 0.3) is 6.08 Å². The molecule has 1 amide bonds. The van der Waals surface area contributed by atoms with Crippen molar-refractivity contribution in [2.24, 2.45) is 0 Å².